The summed E-state index contributed by atoms with van der Waals surface area (Å²) >= 11 is 3.56. The molecule has 1 N–H and O–H groups in total. The number of nitrogens with one attached hydrogen (secondary N) is 1. The summed E-state index contributed by atoms with van der Waals surface area (Å²) in [5.41, 5.74) is 1.66. The van der Waals surface area contributed by atoms with Crippen LogP contribution in [0.3, 0.4) is 0 Å². The molecule has 112 valence electrons. The summed E-state index contributed by atoms with van der Waals surface area (Å²) in [5.74, 6) is 1.01. The van der Waals surface area contributed by atoms with Crippen LogP contribution in [0.1, 0.15) is 52.0 Å². The number of ether oxygens (including phenoxy) is 1. The third kappa shape index (κ3) is 3.98. The van der Waals surface area contributed by atoms with E-state index in [2.05, 4.69) is 54.2 Å². The van der Waals surface area contributed by atoms with Gasteiger partial charge < -0.3 is 10.1 Å². The Labute approximate surface area is 131 Å². The zero-order chi connectivity index (χ0) is 14.6. The Balaban J connectivity index is 2.02. The standard InChI is InChI=1S/C17H26BrNO/c1-4-10-20-15-8-7-14(18)11-13(15)12-19-16-6-5-9-17(16,2)3/h7-8,11,16,19H,4-6,9-10,12H2,1-3H3. The number of halogens is 1. The molecule has 1 aromatic rings. The lowest BCUT2D eigenvalue weighted by atomic mass is 9.87. The van der Waals surface area contributed by atoms with Gasteiger partial charge >= 0.3 is 0 Å². The number of hydrogen-bond acceptors (Lipinski definition) is 2. The smallest absolute Gasteiger partial charge is 0.123 e. The highest BCUT2D eigenvalue weighted by molar-refractivity contribution is 9.10. The molecule has 1 fully saturated rings. The fraction of sp³-hybridized carbons (Fsp3) is 0.647. The van der Waals surface area contributed by atoms with E-state index >= 15 is 0 Å². The Morgan fingerprint density at radius 1 is 1.40 bits per heavy atom. The second-order valence-corrected chi connectivity index (χ2v) is 7.33. The van der Waals surface area contributed by atoms with Gasteiger partial charge in [-0.3, -0.25) is 0 Å². The molecule has 1 atom stereocenters. The molecule has 1 aliphatic carbocycles. The second kappa shape index (κ2) is 6.95. The zero-order valence-electron chi connectivity index (χ0n) is 12.8. The molecule has 0 saturated heterocycles. The number of hydrogen-bond donors (Lipinski definition) is 1. The van der Waals surface area contributed by atoms with Gasteiger partial charge in [0.25, 0.3) is 0 Å². The lowest BCUT2D eigenvalue weighted by molar-refractivity contribution is 0.278. The van der Waals surface area contributed by atoms with Crippen molar-refractivity contribution in [2.75, 3.05) is 6.61 Å². The predicted molar refractivity (Wildman–Crippen MR) is 88.2 cm³/mol. The van der Waals surface area contributed by atoms with Gasteiger partial charge in [-0.05, 0) is 42.9 Å². The molecule has 3 heteroatoms. The van der Waals surface area contributed by atoms with Crippen molar-refractivity contribution >= 4 is 15.9 Å². The molecule has 0 aromatic heterocycles. The zero-order valence-corrected chi connectivity index (χ0v) is 14.4. The molecule has 20 heavy (non-hydrogen) atoms. The van der Waals surface area contributed by atoms with Crippen LogP contribution in [0.25, 0.3) is 0 Å². The number of benzene rings is 1. The predicted octanol–water partition coefficient (Wildman–Crippen LogP) is 4.91. The van der Waals surface area contributed by atoms with Crippen molar-refractivity contribution in [3.63, 3.8) is 0 Å². The van der Waals surface area contributed by atoms with Crippen LogP contribution in [-0.4, -0.2) is 12.6 Å². The molecule has 1 saturated carbocycles. The van der Waals surface area contributed by atoms with E-state index in [1.165, 1.54) is 24.8 Å². The van der Waals surface area contributed by atoms with E-state index in [-0.39, 0.29) is 0 Å². The second-order valence-electron chi connectivity index (χ2n) is 6.41. The van der Waals surface area contributed by atoms with Crippen LogP contribution in [0.5, 0.6) is 5.75 Å². The Morgan fingerprint density at radius 3 is 2.85 bits per heavy atom. The summed E-state index contributed by atoms with van der Waals surface area (Å²) in [6.45, 7) is 8.54. The summed E-state index contributed by atoms with van der Waals surface area (Å²) in [6, 6.07) is 6.89. The van der Waals surface area contributed by atoms with Gasteiger partial charge in [-0.25, -0.2) is 0 Å². The molecule has 2 nitrogen and oxygen atoms in total. The van der Waals surface area contributed by atoms with Crippen LogP contribution >= 0.6 is 15.9 Å². The fourth-order valence-electron chi connectivity index (χ4n) is 2.98. The molecule has 0 aliphatic heterocycles. The summed E-state index contributed by atoms with van der Waals surface area (Å²) in [6.07, 6.45) is 4.98. The van der Waals surface area contributed by atoms with E-state index in [1.807, 2.05) is 6.07 Å². The van der Waals surface area contributed by atoms with Crippen molar-refractivity contribution < 1.29 is 4.74 Å². The lowest BCUT2D eigenvalue weighted by Crippen LogP contribution is -2.37. The molecule has 0 spiro atoms. The van der Waals surface area contributed by atoms with Gasteiger partial charge in [0, 0.05) is 22.6 Å². The van der Waals surface area contributed by atoms with Crippen molar-refractivity contribution in [1.82, 2.24) is 5.32 Å². The van der Waals surface area contributed by atoms with Gasteiger partial charge in [-0.2, -0.15) is 0 Å². The van der Waals surface area contributed by atoms with Crippen molar-refractivity contribution in [1.29, 1.82) is 0 Å². The molecule has 0 bridgehead atoms. The number of rotatable bonds is 6. The summed E-state index contributed by atoms with van der Waals surface area (Å²) < 4.78 is 6.96. The molecular formula is C17H26BrNO. The van der Waals surface area contributed by atoms with Gasteiger partial charge in [0.2, 0.25) is 0 Å². The third-order valence-corrected chi connectivity index (χ3v) is 4.77. The van der Waals surface area contributed by atoms with Gasteiger partial charge in [0.05, 0.1) is 6.61 Å². The van der Waals surface area contributed by atoms with Crippen LogP contribution in [0.2, 0.25) is 0 Å². The quantitative estimate of drug-likeness (QED) is 0.795. The van der Waals surface area contributed by atoms with E-state index in [0.29, 0.717) is 11.5 Å². The summed E-state index contributed by atoms with van der Waals surface area (Å²) in [5, 5.41) is 3.73. The van der Waals surface area contributed by atoms with Crippen molar-refractivity contribution in [3.8, 4) is 5.75 Å². The summed E-state index contributed by atoms with van der Waals surface area (Å²) in [7, 11) is 0. The average molecular weight is 340 g/mol. The molecule has 1 aliphatic rings. The van der Waals surface area contributed by atoms with E-state index < -0.39 is 0 Å². The van der Waals surface area contributed by atoms with Gasteiger partial charge in [-0.1, -0.05) is 43.1 Å². The molecule has 0 heterocycles. The van der Waals surface area contributed by atoms with Crippen molar-refractivity contribution in [2.45, 2.75) is 59.0 Å². The minimum Gasteiger partial charge on any atom is -0.493 e. The normalized spacial score (nSPS) is 21.1. The van der Waals surface area contributed by atoms with E-state index in [0.717, 1.165) is 29.8 Å². The highest BCUT2D eigenvalue weighted by atomic mass is 79.9. The van der Waals surface area contributed by atoms with Gasteiger partial charge in [-0.15, -0.1) is 0 Å². The Morgan fingerprint density at radius 2 is 2.20 bits per heavy atom. The first-order valence-corrected chi connectivity index (χ1v) is 8.47. The maximum absolute atomic E-state index is 5.85. The SMILES string of the molecule is CCCOc1ccc(Br)cc1CNC1CCCC1(C)C. The van der Waals surface area contributed by atoms with Gasteiger partial charge in [0.15, 0.2) is 0 Å². The monoisotopic (exact) mass is 339 g/mol. The van der Waals surface area contributed by atoms with E-state index in [4.69, 9.17) is 4.74 Å². The molecule has 1 unspecified atom stereocenters. The highest BCUT2D eigenvalue weighted by Gasteiger charge is 2.33. The first kappa shape index (κ1) is 15.8. The van der Waals surface area contributed by atoms with E-state index in [1.54, 1.807) is 0 Å². The van der Waals surface area contributed by atoms with Crippen LogP contribution in [0.4, 0.5) is 0 Å². The molecule has 0 radical (unpaired) electrons. The fourth-order valence-corrected chi connectivity index (χ4v) is 3.39. The first-order chi connectivity index (χ1) is 9.53. The Hall–Kier alpha value is -0.540. The summed E-state index contributed by atoms with van der Waals surface area (Å²) in [4.78, 5) is 0. The van der Waals surface area contributed by atoms with Crippen molar-refractivity contribution in [3.05, 3.63) is 28.2 Å². The van der Waals surface area contributed by atoms with Crippen LogP contribution in [0, 0.1) is 5.41 Å². The highest BCUT2D eigenvalue weighted by Crippen LogP contribution is 2.37. The topological polar surface area (TPSA) is 21.3 Å². The van der Waals surface area contributed by atoms with Crippen LogP contribution in [0.15, 0.2) is 22.7 Å². The lowest BCUT2D eigenvalue weighted by Gasteiger charge is -2.28. The molecule has 1 aromatic carbocycles. The Kier molecular flexibility index (Phi) is 5.50. The van der Waals surface area contributed by atoms with Crippen LogP contribution in [-0.2, 0) is 6.54 Å². The molecule has 2 rings (SSSR count). The first-order valence-electron chi connectivity index (χ1n) is 7.67. The maximum atomic E-state index is 5.85. The van der Waals surface area contributed by atoms with Crippen molar-refractivity contribution in [2.24, 2.45) is 5.41 Å². The maximum Gasteiger partial charge on any atom is 0.123 e. The van der Waals surface area contributed by atoms with Gasteiger partial charge in [0.1, 0.15) is 5.75 Å². The average Bonchev–Trinajstić information content (AvgIpc) is 2.74. The largest absolute Gasteiger partial charge is 0.493 e. The third-order valence-electron chi connectivity index (χ3n) is 4.28. The van der Waals surface area contributed by atoms with Crippen LogP contribution < -0.4 is 10.1 Å². The minimum absolute atomic E-state index is 0.413. The molecule has 0 amide bonds. The minimum atomic E-state index is 0.413. The van der Waals surface area contributed by atoms with E-state index in [9.17, 15) is 0 Å². The Bertz CT molecular complexity index is 445. The molecular weight excluding hydrogens is 314 g/mol.